The van der Waals surface area contributed by atoms with Gasteiger partial charge in [-0.25, -0.2) is 4.79 Å². The quantitative estimate of drug-likeness (QED) is 0.738. The Morgan fingerprint density at radius 2 is 1.58 bits per heavy atom. The van der Waals surface area contributed by atoms with Gasteiger partial charge in [0.05, 0.1) is 5.00 Å². The van der Waals surface area contributed by atoms with Crippen LogP contribution in [-0.2, 0) is 4.79 Å². The number of Topliss-reactive ketones (excluding diaryl/α,β-unsaturated/α-hetero) is 1. The molecule has 2 fully saturated rings. The van der Waals surface area contributed by atoms with Gasteiger partial charge in [0.25, 0.3) is 0 Å². The lowest BCUT2D eigenvalue weighted by molar-refractivity contribution is -0.137. The lowest BCUT2D eigenvalue weighted by Crippen LogP contribution is -2.52. The van der Waals surface area contributed by atoms with Crippen LogP contribution in [0.2, 0.25) is 0 Å². The van der Waals surface area contributed by atoms with Gasteiger partial charge in [-0.15, -0.1) is 11.3 Å². The number of carbonyl (C=O) groups excluding carboxylic acids is 3. The maximum absolute atomic E-state index is 13.0. The molecule has 8 heteroatoms. The van der Waals surface area contributed by atoms with Gasteiger partial charge in [0.15, 0.2) is 5.78 Å². The fourth-order valence-electron chi connectivity index (χ4n) is 4.21. The van der Waals surface area contributed by atoms with E-state index in [1.807, 2.05) is 46.7 Å². The van der Waals surface area contributed by atoms with Crippen LogP contribution in [0, 0.1) is 5.92 Å². The first-order chi connectivity index (χ1) is 15.0. The van der Waals surface area contributed by atoms with Crippen LogP contribution in [0.3, 0.4) is 0 Å². The summed E-state index contributed by atoms with van der Waals surface area (Å²) in [7, 11) is 0. The fraction of sp³-hybridized carbons (Fsp3) is 0.435. The van der Waals surface area contributed by atoms with E-state index in [-0.39, 0.29) is 23.6 Å². The molecule has 1 aromatic heterocycles. The van der Waals surface area contributed by atoms with Crippen LogP contribution < -0.4 is 10.2 Å². The fourth-order valence-corrected chi connectivity index (χ4v) is 4.82. The average molecular weight is 441 g/mol. The number of hydrogen-bond acceptors (Lipinski definition) is 5. The summed E-state index contributed by atoms with van der Waals surface area (Å²) in [6.45, 7) is 5.76. The lowest BCUT2D eigenvalue weighted by atomic mass is 9.95. The molecule has 7 nitrogen and oxygen atoms in total. The Morgan fingerprint density at radius 1 is 0.903 bits per heavy atom. The second-order valence-corrected chi connectivity index (χ2v) is 9.03. The molecule has 1 N–H and O–H groups in total. The topological polar surface area (TPSA) is 73.0 Å². The van der Waals surface area contributed by atoms with Crippen molar-refractivity contribution in [1.29, 1.82) is 0 Å². The Hall–Kier alpha value is -2.87. The van der Waals surface area contributed by atoms with Crippen molar-refractivity contribution in [1.82, 2.24) is 9.80 Å². The predicted molar refractivity (Wildman–Crippen MR) is 123 cm³/mol. The monoisotopic (exact) mass is 440 g/mol. The predicted octanol–water partition coefficient (Wildman–Crippen LogP) is 3.54. The number of thiophene rings is 1. The van der Waals surface area contributed by atoms with Crippen molar-refractivity contribution in [3.8, 4) is 0 Å². The van der Waals surface area contributed by atoms with Crippen LogP contribution in [0.4, 0.5) is 15.5 Å². The first kappa shape index (κ1) is 21.4. The highest BCUT2D eigenvalue weighted by Crippen LogP contribution is 2.24. The summed E-state index contributed by atoms with van der Waals surface area (Å²) in [4.78, 5) is 42.8. The zero-order chi connectivity index (χ0) is 21.8. The molecule has 0 aliphatic carbocycles. The number of nitrogens with zero attached hydrogens (tertiary/aromatic N) is 3. The molecule has 31 heavy (non-hydrogen) atoms. The number of piperazine rings is 1. The summed E-state index contributed by atoms with van der Waals surface area (Å²) in [5, 5.41) is 5.69. The molecule has 0 unspecified atom stereocenters. The third kappa shape index (κ3) is 5.07. The number of hydrogen-bond donors (Lipinski definition) is 1. The average Bonchev–Trinajstić information content (AvgIpc) is 3.32. The molecule has 4 rings (SSSR count). The Morgan fingerprint density at radius 3 is 2.16 bits per heavy atom. The second-order valence-electron chi connectivity index (χ2n) is 8.08. The molecule has 0 saturated carbocycles. The Kier molecular flexibility index (Phi) is 6.56. The molecular formula is C23H28N4O3S. The standard InChI is InChI=1S/C23H28N4O3S/c1-17(28)18-4-6-20(7-5-18)25-12-14-26(15-13-25)22(29)19-8-10-27(11-9-19)23(30)24-21-3-2-16-31-21/h2-7,16,19H,8-15H2,1H3,(H,24,30). The highest BCUT2D eigenvalue weighted by atomic mass is 32.1. The van der Waals surface area contributed by atoms with Crippen molar-refractivity contribution in [2.45, 2.75) is 19.8 Å². The minimum atomic E-state index is -0.0854. The van der Waals surface area contributed by atoms with E-state index in [1.54, 1.807) is 11.8 Å². The van der Waals surface area contributed by atoms with Crippen LogP contribution >= 0.6 is 11.3 Å². The molecule has 0 bridgehead atoms. The van der Waals surface area contributed by atoms with Gasteiger partial charge in [-0.1, -0.05) is 0 Å². The number of likely N-dealkylation sites (tertiary alicyclic amines) is 1. The van der Waals surface area contributed by atoms with E-state index in [4.69, 9.17) is 0 Å². The highest BCUT2D eigenvalue weighted by molar-refractivity contribution is 7.14. The number of ketones is 1. The number of rotatable bonds is 4. The molecule has 0 radical (unpaired) electrons. The minimum Gasteiger partial charge on any atom is -0.368 e. The molecule has 0 atom stereocenters. The largest absolute Gasteiger partial charge is 0.368 e. The number of piperidine rings is 1. The van der Waals surface area contributed by atoms with E-state index < -0.39 is 0 Å². The van der Waals surface area contributed by atoms with Gasteiger partial charge >= 0.3 is 6.03 Å². The smallest absolute Gasteiger partial charge is 0.322 e. The first-order valence-electron chi connectivity index (χ1n) is 10.8. The molecule has 2 aliphatic heterocycles. The molecule has 2 saturated heterocycles. The highest BCUT2D eigenvalue weighted by Gasteiger charge is 2.31. The first-order valence-corrected chi connectivity index (χ1v) is 11.6. The van der Waals surface area contributed by atoms with Gasteiger partial charge in [-0.2, -0.15) is 0 Å². The van der Waals surface area contributed by atoms with E-state index >= 15 is 0 Å². The SMILES string of the molecule is CC(=O)c1ccc(N2CCN(C(=O)C3CCN(C(=O)Nc4cccs4)CC3)CC2)cc1. The van der Waals surface area contributed by atoms with Crippen molar-refractivity contribution >= 4 is 39.7 Å². The molecule has 1 aromatic carbocycles. The second kappa shape index (κ2) is 9.51. The van der Waals surface area contributed by atoms with E-state index in [1.165, 1.54) is 11.3 Å². The van der Waals surface area contributed by atoms with Gasteiger partial charge in [-0.05, 0) is 61.5 Å². The van der Waals surface area contributed by atoms with Crippen LogP contribution in [0.5, 0.6) is 0 Å². The summed E-state index contributed by atoms with van der Waals surface area (Å²) in [5.74, 6) is 0.272. The summed E-state index contributed by atoms with van der Waals surface area (Å²) in [6.07, 6.45) is 1.42. The van der Waals surface area contributed by atoms with E-state index in [9.17, 15) is 14.4 Å². The van der Waals surface area contributed by atoms with Gasteiger partial charge in [0.1, 0.15) is 0 Å². The Balaban J connectivity index is 1.24. The van der Waals surface area contributed by atoms with Crippen molar-refractivity contribution in [3.63, 3.8) is 0 Å². The maximum Gasteiger partial charge on any atom is 0.322 e. The van der Waals surface area contributed by atoms with Crippen LogP contribution in [0.25, 0.3) is 0 Å². The number of benzene rings is 1. The van der Waals surface area contributed by atoms with Gasteiger partial charge < -0.3 is 14.7 Å². The maximum atomic E-state index is 13.0. The molecule has 2 aromatic rings. The van der Waals surface area contributed by atoms with Crippen molar-refractivity contribution in [2.75, 3.05) is 49.5 Å². The Bertz CT molecular complexity index is 913. The van der Waals surface area contributed by atoms with Crippen molar-refractivity contribution in [3.05, 3.63) is 47.3 Å². The van der Waals surface area contributed by atoms with Gasteiger partial charge in [0.2, 0.25) is 5.91 Å². The van der Waals surface area contributed by atoms with Crippen molar-refractivity contribution in [2.24, 2.45) is 5.92 Å². The third-order valence-corrected chi connectivity index (χ3v) is 6.90. The van der Waals surface area contributed by atoms with Gasteiger partial charge in [-0.3, -0.25) is 14.9 Å². The number of amides is 3. The number of anilines is 2. The summed E-state index contributed by atoms with van der Waals surface area (Å²) >= 11 is 1.50. The van der Waals surface area contributed by atoms with E-state index in [0.717, 1.165) is 23.8 Å². The third-order valence-electron chi connectivity index (χ3n) is 6.11. The number of nitrogens with one attached hydrogen (secondary N) is 1. The molecular weight excluding hydrogens is 412 g/mol. The normalized spacial score (nSPS) is 17.5. The molecule has 164 valence electrons. The minimum absolute atomic E-state index is 0.00723. The molecule has 3 heterocycles. The molecule has 3 amide bonds. The zero-order valence-corrected chi connectivity index (χ0v) is 18.6. The summed E-state index contributed by atoms with van der Waals surface area (Å²) in [5.41, 5.74) is 1.80. The van der Waals surface area contributed by atoms with Crippen LogP contribution in [0.15, 0.2) is 41.8 Å². The lowest BCUT2D eigenvalue weighted by Gasteiger charge is -2.39. The van der Waals surface area contributed by atoms with Crippen molar-refractivity contribution < 1.29 is 14.4 Å². The number of carbonyl (C=O) groups is 3. The van der Waals surface area contributed by atoms with E-state index in [0.29, 0.717) is 44.6 Å². The molecule has 2 aliphatic rings. The summed E-state index contributed by atoms with van der Waals surface area (Å²) < 4.78 is 0. The Labute approximate surface area is 186 Å². The molecule has 0 spiro atoms. The van der Waals surface area contributed by atoms with Crippen LogP contribution in [-0.4, -0.2) is 66.8 Å². The number of urea groups is 1. The van der Waals surface area contributed by atoms with Gasteiger partial charge in [0, 0.05) is 56.4 Å². The summed E-state index contributed by atoms with van der Waals surface area (Å²) in [6, 6.07) is 11.4. The van der Waals surface area contributed by atoms with E-state index in [2.05, 4.69) is 10.2 Å². The van der Waals surface area contributed by atoms with Crippen LogP contribution in [0.1, 0.15) is 30.1 Å². The zero-order valence-electron chi connectivity index (χ0n) is 17.8.